The summed E-state index contributed by atoms with van der Waals surface area (Å²) in [4.78, 5) is 0. The van der Waals surface area contributed by atoms with Crippen LogP contribution >= 0.6 is 0 Å². The van der Waals surface area contributed by atoms with Crippen molar-refractivity contribution in [3.63, 3.8) is 0 Å². The molecule has 0 atom stereocenters. The van der Waals surface area contributed by atoms with E-state index in [4.69, 9.17) is 0 Å². The van der Waals surface area contributed by atoms with Gasteiger partial charge < -0.3 is 0 Å². The predicted molar refractivity (Wildman–Crippen MR) is 24.6 cm³/mol. The Morgan fingerprint density at radius 2 is 2.80 bits per heavy atom. The molecule has 0 aromatic rings. The van der Waals surface area contributed by atoms with Crippen molar-refractivity contribution >= 4 is 13.0 Å². The molecule has 1 rings (SSSR count). The van der Waals surface area contributed by atoms with Crippen LogP contribution in [0.3, 0.4) is 0 Å². The molecule has 2 heteroatoms. The fraction of sp³-hybridized carbons (Fsp3) is 0.667. The Morgan fingerprint density at radius 1 is 1.80 bits per heavy atom. The molecule has 1 heterocycles. The van der Waals surface area contributed by atoms with Crippen LogP contribution < -0.4 is 5.32 Å². The molecule has 0 unspecified atom stereocenters. The first-order valence-corrected chi connectivity index (χ1v) is 1.88. The van der Waals surface area contributed by atoms with Crippen LogP contribution in [-0.4, -0.2) is 19.6 Å². The van der Waals surface area contributed by atoms with Gasteiger partial charge in [0.2, 0.25) is 0 Å². The molecule has 5 heavy (non-hydrogen) atoms. The van der Waals surface area contributed by atoms with Gasteiger partial charge in [-0.1, -0.05) is 0 Å². The zero-order valence-corrected chi connectivity index (χ0v) is 3.07. The normalized spacial score (nSPS) is 17.6. The van der Waals surface area contributed by atoms with Gasteiger partial charge in [0.05, 0.1) is 0 Å². The van der Waals surface area contributed by atoms with Crippen LogP contribution in [0.1, 0.15) is 0 Å². The van der Waals surface area contributed by atoms with Crippen LogP contribution in [0.2, 0.25) is 6.32 Å². The molecule has 0 bridgehead atoms. The van der Waals surface area contributed by atoms with E-state index in [2.05, 4.69) is 12.2 Å². The fourth-order valence-corrected chi connectivity index (χ4v) is 0.417. The maximum atomic E-state index is 3.04. The van der Waals surface area contributed by atoms with E-state index in [0.717, 1.165) is 6.54 Å². The quantitative estimate of drug-likeness (QED) is 0.375. The van der Waals surface area contributed by atoms with Gasteiger partial charge in [0, 0.05) is 0 Å². The van der Waals surface area contributed by atoms with Gasteiger partial charge in [0.15, 0.2) is 0 Å². The van der Waals surface area contributed by atoms with E-state index < -0.39 is 0 Å². The summed E-state index contributed by atoms with van der Waals surface area (Å²) in [5.74, 6) is 0. The zero-order valence-electron chi connectivity index (χ0n) is 3.07. The van der Waals surface area contributed by atoms with Crippen molar-refractivity contribution in [2.75, 3.05) is 6.54 Å². The molecule has 0 aliphatic carbocycles. The van der Waals surface area contributed by atoms with Crippen molar-refractivity contribution < 1.29 is 0 Å². The SMILES string of the molecule is B1=CNCC1. The Bertz CT molecular complexity index is 44.9. The minimum atomic E-state index is 1.14. The van der Waals surface area contributed by atoms with Crippen molar-refractivity contribution in [3.05, 3.63) is 0 Å². The van der Waals surface area contributed by atoms with Crippen LogP contribution in [0, 0.1) is 0 Å². The summed E-state index contributed by atoms with van der Waals surface area (Å²) in [5, 5.41) is 3.04. The number of hydrogen-bond acceptors (Lipinski definition) is 1. The average Bonchev–Trinajstić information content (AvgIpc) is 1.76. The zero-order chi connectivity index (χ0) is 3.54. The van der Waals surface area contributed by atoms with Crippen LogP contribution in [0.15, 0.2) is 0 Å². The Morgan fingerprint density at radius 3 is 3.00 bits per heavy atom. The van der Waals surface area contributed by atoms with E-state index in [0.29, 0.717) is 0 Å². The molecule has 1 aliphatic rings. The molecular formula is C3H6BN. The molecule has 0 spiro atoms. The standard InChI is InChI=1S/C3H6BN/c1-2-5-3-4-1/h3,5H,1-2H2. The third-order valence-corrected chi connectivity index (χ3v) is 0.691. The summed E-state index contributed by atoms with van der Waals surface area (Å²) in [6.45, 7) is 3.26. The summed E-state index contributed by atoms with van der Waals surface area (Å²) >= 11 is 0. The van der Waals surface area contributed by atoms with Gasteiger partial charge in [-0.05, 0) is 0 Å². The van der Waals surface area contributed by atoms with Gasteiger partial charge >= 0.3 is 31.2 Å². The van der Waals surface area contributed by atoms with E-state index in [1.165, 1.54) is 6.32 Å². The van der Waals surface area contributed by atoms with E-state index >= 15 is 0 Å². The molecule has 0 radical (unpaired) electrons. The third-order valence-electron chi connectivity index (χ3n) is 0.691. The van der Waals surface area contributed by atoms with Crippen molar-refractivity contribution in [2.45, 2.75) is 6.32 Å². The van der Waals surface area contributed by atoms with E-state index in [9.17, 15) is 0 Å². The molecule has 0 saturated heterocycles. The fourth-order valence-electron chi connectivity index (χ4n) is 0.417. The van der Waals surface area contributed by atoms with Gasteiger partial charge in [0.1, 0.15) is 0 Å². The average molecular weight is 66.9 g/mol. The third kappa shape index (κ3) is 0.501. The Labute approximate surface area is 32.3 Å². The van der Waals surface area contributed by atoms with E-state index in [-0.39, 0.29) is 0 Å². The van der Waals surface area contributed by atoms with Gasteiger partial charge in [0.25, 0.3) is 0 Å². The van der Waals surface area contributed by atoms with Crippen LogP contribution in [-0.2, 0) is 0 Å². The topological polar surface area (TPSA) is 12.0 Å². The summed E-state index contributed by atoms with van der Waals surface area (Å²) in [7, 11) is 0. The molecule has 0 amide bonds. The Hall–Kier alpha value is -0.265. The van der Waals surface area contributed by atoms with Gasteiger partial charge in [-0.3, -0.25) is 0 Å². The molecule has 1 N–H and O–H groups in total. The molecule has 1 nitrogen and oxygen atoms in total. The second kappa shape index (κ2) is 1.25. The van der Waals surface area contributed by atoms with E-state index in [1.54, 1.807) is 0 Å². The summed E-state index contributed by atoms with van der Waals surface area (Å²) in [6, 6.07) is 0. The van der Waals surface area contributed by atoms with Crippen LogP contribution in [0.5, 0.6) is 0 Å². The first-order valence-electron chi connectivity index (χ1n) is 1.88. The molecule has 0 saturated carbocycles. The monoisotopic (exact) mass is 67.1 g/mol. The molecule has 26 valence electrons. The molecule has 0 aromatic carbocycles. The van der Waals surface area contributed by atoms with Crippen molar-refractivity contribution in [3.8, 4) is 0 Å². The summed E-state index contributed by atoms with van der Waals surface area (Å²) in [6.07, 6.45) is 3.19. The van der Waals surface area contributed by atoms with Crippen LogP contribution in [0.25, 0.3) is 0 Å². The first-order chi connectivity index (χ1) is 2.50. The predicted octanol–water partition coefficient (Wildman–Crippen LogP) is -0.528. The molecule has 1 aliphatic heterocycles. The molecule has 0 aromatic heterocycles. The molecule has 0 fully saturated rings. The number of rotatable bonds is 0. The van der Waals surface area contributed by atoms with Crippen molar-refractivity contribution in [2.24, 2.45) is 0 Å². The van der Waals surface area contributed by atoms with Gasteiger partial charge in [-0.2, -0.15) is 0 Å². The minimum absolute atomic E-state index is 1.14. The maximum absolute atomic E-state index is 3.04. The Kier molecular flexibility index (Phi) is 0.734. The van der Waals surface area contributed by atoms with Gasteiger partial charge in [-0.25, -0.2) is 0 Å². The number of hydrogen-bond donors (Lipinski definition) is 1. The summed E-state index contributed by atoms with van der Waals surface area (Å²) in [5.41, 5.74) is 0. The van der Waals surface area contributed by atoms with Gasteiger partial charge in [-0.15, -0.1) is 0 Å². The van der Waals surface area contributed by atoms with Crippen molar-refractivity contribution in [1.29, 1.82) is 0 Å². The molecular weight excluding hydrogens is 60.9 g/mol. The first kappa shape index (κ1) is 2.95. The number of nitrogens with one attached hydrogen (secondary N) is 1. The summed E-state index contributed by atoms with van der Waals surface area (Å²) < 4.78 is 0. The van der Waals surface area contributed by atoms with E-state index in [1.807, 2.05) is 6.09 Å². The van der Waals surface area contributed by atoms with Crippen LogP contribution in [0.4, 0.5) is 0 Å². The Balaban J connectivity index is 2.32. The van der Waals surface area contributed by atoms with Crippen molar-refractivity contribution in [1.82, 2.24) is 5.32 Å². The second-order valence-corrected chi connectivity index (χ2v) is 1.15. The second-order valence-electron chi connectivity index (χ2n) is 1.15.